The molecule has 0 fully saturated rings. The molecule has 0 aliphatic rings. The number of pyridine rings is 1. The van der Waals surface area contributed by atoms with E-state index in [1.54, 1.807) is 48.7 Å². The third kappa shape index (κ3) is 4.92. The number of hydrogen-bond acceptors (Lipinski definition) is 5. The second-order valence-corrected chi connectivity index (χ2v) is 8.03. The van der Waals surface area contributed by atoms with Gasteiger partial charge in [-0.1, -0.05) is 42.5 Å². The lowest BCUT2D eigenvalue weighted by Gasteiger charge is -2.13. The van der Waals surface area contributed by atoms with Gasteiger partial charge in [0.05, 0.1) is 11.1 Å². The molecule has 0 saturated heterocycles. The number of carbonyl (C=O) groups excluding carboxylic acids is 1. The number of hydrogen-bond donors (Lipinski definition) is 2. The second kappa shape index (κ2) is 9.62. The number of oxazole rings is 1. The summed E-state index contributed by atoms with van der Waals surface area (Å²) in [4.78, 5) is 21.3. The van der Waals surface area contributed by atoms with Crippen molar-refractivity contribution < 1.29 is 27.5 Å². The number of nitrogens with one attached hydrogen (secondary N) is 1. The van der Waals surface area contributed by atoms with E-state index in [2.05, 4.69) is 15.3 Å². The number of phenols is 1. The number of phenolic OH excluding ortho intramolecular Hbond substituents is 1. The number of aromatic nitrogens is 2. The maximum absolute atomic E-state index is 13.5. The maximum atomic E-state index is 13.5. The molecule has 9 heteroatoms. The summed E-state index contributed by atoms with van der Waals surface area (Å²) in [5.41, 5.74) is 0.644. The highest BCUT2D eigenvalue weighted by molar-refractivity contribution is 6.05. The summed E-state index contributed by atoms with van der Waals surface area (Å²) in [6.07, 6.45) is -1.44. The van der Waals surface area contributed by atoms with Crippen LogP contribution in [-0.4, -0.2) is 21.0 Å². The summed E-state index contributed by atoms with van der Waals surface area (Å²) >= 11 is 0. The first-order valence-corrected chi connectivity index (χ1v) is 11.1. The first kappa shape index (κ1) is 23.8. The second-order valence-electron chi connectivity index (χ2n) is 8.03. The minimum absolute atomic E-state index is 0.0303. The van der Waals surface area contributed by atoms with Crippen LogP contribution in [0.3, 0.4) is 0 Å². The van der Waals surface area contributed by atoms with Crippen LogP contribution in [-0.2, 0) is 6.18 Å². The lowest BCUT2D eigenvalue weighted by molar-refractivity contribution is -0.137. The van der Waals surface area contributed by atoms with Crippen molar-refractivity contribution in [3.8, 4) is 39.6 Å². The molecule has 0 bridgehead atoms. The van der Waals surface area contributed by atoms with Crippen molar-refractivity contribution in [2.24, 2.45) is 0 Å². The minimum atomic E-state index is -4.56. The van der Waals surface area contributed by atoms with Crippen molar-refractivity contribution in [2.75, 3.05) is 5.32 Å². The quantitative estimate of drug-likeness (QED) is 0.270. The van der Waals surface area contributed by atoms with Crippen molar-refractivity contribution in [1.29, 1.82) is 0 Å². The molecule has 0 saturated carbocycles. The van der Waals surface area contributed by atoms with E-state index < -0.39 is 17.6 Å². The van der Waals surface area contributed by atoms with Crippen molar-refractivity contribution in [3.05, 3.63) is 108 Å². The first-order chi connectivity index (χ1) is 17.8. The molecular formula is C28H18F3N3O3. The number of nitrogens with zero attached hydrogens (tertiary/aromatic N) is 2. The summed E-state index contributed by atoms with van der Waals surface area (Å²) in [5.74, 6) is -0.774. The highest BCUT2D eigenvalue weighted by atomic mass is 19.4. The van der Waals surface area contributed by atoms with Crippen LogP contribution >= 0.6 is 0 Å². The van der Waals surface area contributed by atoms with E-state index in [1.807, 2.05) is 0 Å². The third-order valence-corrected chi connectivity index (χ3v) is 5.60. The standard InChI is InChI=1S/C28H18F3N3O3/c29-28(30,31)22-11-5-4-10-20(22)18-12-13-21(23(35)15-18)26-33-24(19-9-6-14-32-16-19)27(37-26)34-25(36)17-7-2-1-3-8-17/h1-16,35H,(H,34,36). The van der Waals surface area contributed by atoms with Gasteiger partial charge in [-0.25, -0.2) is 4.98 Å². The molecular weight excluding hydrogens is 483 g/mol. The Hall–Kier alpha value is -4.92. The van der Waals surface area contributed by atoms with E-state index in [-0.39, 0.29) is 39.9 Å². The molecule has 0 aliphatic carbocycles. The Labute approximate surface area is 209 Å². The molecule has 0 unspecified atom stereocenters. The van der Waals surface area contributed by atoms with Crippen LogP contribution in [0.4, 0.5) is 19.1 Å². The van der Waals surface area contributed by atoms with Crippen LogP contribution in [0, 0.1) is 0 Å². The van der Waals surface area contributed by atoms with Crippen LogP contribution in [0.5, 0.6) is 5.75 Å². The van der Waals surface area contributed by atoms with Gasteiger partial charge >= 0.3 is 6.18 Å². The molecule has 1 amide bonds. The predicted octanol–water partition coefficient (Wildman–Crippen LogP) is 7.05. The van der Waals surface area contributed by atoms with Gasteiger partial charge in [0.15, 0.2) is 0 Å². The van der Waals surface area contributed by atoms with E-state index in [9.17, 15) is 23.1 Å². The SMILES string of the molecule is O=C(Nc1oc(-c2ccc(-c3ccccc3C(F)(F)F)cc2O)nc1-c1cccnc1)c1ccccc1. The van der Waals surface area contributed by atoms with Crippen LogP contribution in [0.15, 0.2) is 102 Å². The summed E-state index contributed by atoms with van der Waals surface area (Å²) in [6, 6.07) is 21.1. The third-order valence-electron chi connectivity index (χ3n) is 5.60. The van der Waals surface area contributed by atoms with Gasteiger partial charge in [-0.05, 0) is 53.6 Å². The molecule has 2 aromatic heterocycles. The molecule has 184 valence electrons. The Morgan fingerprint density at radius 1 is 0.865 bits per heavy atom. The van der Waals surface area contributed by atoms with Crippen LogP contribution in [0.25, 0.3) is 33.8 Å². The van der Waals surface area contributed by atoms with Crippen molar-refractivity contribution in [1.82, 2.24) is 9.97 Å². The lowest BCUT2D eigenvalue weighted by Crippen LogP contribution is -2.11. The smallest absolute Gasteiger partial charge is 0.417 e. The average Bonchev–Trinajstić information content (AvgIpc) is 3.32. The molecule has 2 heterocycles. The number of aromatic hydroxyl groups is 1. The number of carbonyl (C=O) groups is 1. The van der Waals surface area contributed by atoms with E-state index in [1.165, 1.54) is 42.6 Å². The molecule has 2 N–H and O–H groups in total. The van der Waals surface area contributed by atoms with Gasteiger partial charge in [-0.3, -0.25) is 15.1 Å². The maximum Gasteiger partial charge on any atom is 0.417 e. The molecule has 3 aromatic carbocycles. The zero-order chi connectivity index (χ0) is 26.0. The number of alkyl halides is 3. The summed E-state index contributed by atoms with van der Waals surface area (Å²) in [7, 11) is 0. The summed E-state index contributed by atoms with van der Waals surface area (Å²) in [6.45, 7) is 0. The first-order valence-electron chi connectivity index (χ1n) is 11.1. The van der Waals surface area contributed by atoms with Crippen LogP contribution in [0.2, 0.25) is 0 Å². The molecule has 5 aromatic rings. The normalized spacial score (nSPS) is 11.3. The van der Waals surface area contributed by atoms with E-state index in [0.717, 1.165) is 6.07 Å². The lowest BCUT2D eigenvalue weighted by atomic mass is 9.98. The van der Waals surface area contributed by atoms with Gasteiger partial charge in [0.25, 0.3) is 5.91 Å². The average molecular weight is 501 g/mol. The fourth-order valence-corrected chi connectivity index (χ4v) is 3.85. The van der Waals surface area contributed by atoms with Gasteiger partial charge in [0, 0.05) is 23.5 Å². The number of anilines is 1. The monoisotopic (exact) mass is 501 g/mol. The number of halogens is 3. The van der Waals surface area contributed by atoms with Crippen molar-refractivity contribution in [2.45, 2.75) is 6.18 Å². The Bertz CT molecular complexity index is 1570. The number of benzene rings is 3. The van der Waals surface area contributed by atoms with E-state index in [4.69, 9.17) is 4.42 Å². The summed E-state index contributed by atoms with van der Waals surface area (Å²) in [5, 5.41) is 13.4. The fourth-order valence-electron chi connectivity index (χ4n) is 3.85. The Kier molecular flexibility index (Phi) is 6.19. The highest BCUT2D eigenvalue weighted by Gasteiger charge is 2.33. The van der Waals surface area contributed by atoms with Gasteiger partial charge < -0.3 is 9.52 Å². The van der Waals surface area contributed by atoms with E-state index >= 15 is 0 Å². The highest BCUT2D eigenvalue weighted by Crippen LogP contribution is 2.41. The van der Waals surface area contributed by atoms with E-state index in [0.29, 0.717) is 11.1 Å². The molecule has 37 heavy (non-hydrogen) atoms. The van der Waals surface area contributed by atoms with Gasteiger partial charge in [0.1, 0.15) is 11.4 Å². The molecule has 0 spiro atoms. The Balaban J connectivity index is 1.55. The van der Waals surface area contributed by atoms with Gasteiger partial charge in [-0.2, -0.15) is 13.2 Å². The Morgan fingerprint density at radius 3 is 2.32 bits per heavy atom. The van der Waals surface area contributed by atoms with Gasteiger partial charge in [0.2, 0.25) is 11.8 Å². The van der Waals surface area contributed by atoms with Crippen molar-refractivity contribution in [3.63, 3.8) is 0 Å². The van der Waals surface area contributed by atoms with Gasteiger partial charge in [-0.15, -0.1) is 0 Å². The summed E-state index contributed by atoms with van der Waals surface area (Å²) < 4.78 is 46.3. The molecule has 0 atom stereocenters. The zero-order valence-electron chi connectivity index (χ0n) is 19.0. The largest absolute Gasteiger partial charge is 0.507 e. The van der Waals surface area contributed by atoms with Crippen molar-refractivity contribution >= 4 is 11.8 Å². The zero-order valence-corrected chi connectivity index (χ0v) is 19.0. The minimum Gasteiger partial charge on any atom is -0.507 e. The molecule has 5 rings (SSSR count). The van der Waals surface area contributed by atoms with Crippen LogP contribution < -0.4 is 5.32 Å². The molecule has 0 radical (unpaired) electrons. The topological polar surface area (TPSA) is 88.2 Å². The predicted molar refractivity (Wildman–Crippen MR) is 132 cm³/mol. The number of amides is 1. The fraction of sp³-hybridized carbons (Fsp3) is 0.0357. The van der Waals surface area contributed by atoms with Crippen LogP contribution in [0.1, 0.15) is 15.9 Å². The number of rotatable bonds is 5. The molecule has 0 aliphatic heterocycles. The molecule has 6 nitrogen and oxygen atoms in total. The Morgan fingerprint density at radius 2 is 1.62 bits per heavy atom.